The average molecular weight is 535 g/mol. The second kappa shape index (κ2) is 12.8. The Balaban J connectivity index is 0.000000241. The van der Waals surface area contributed by atoms with Gasteiger partial charge in [-0.05, 0) is 62.0 Å². The van der Waals surface area contributed by atoms with Crippen molar-refractivity contribution in [2.75, 3.05) is 25.1 Å². The van der Waals surface area contributed by atoms with Crippen LogP contribution in [-0.4, -0.2) is 44.3 Å². The zero-order valence-corrected chi connectivity index (χ0v) is 22.9. The highest BCUT2D eigenvalue weighted by molar-refractivity contribution is 5.97. The number of hydrogen-bond donors (Lipinski definition) is 1. The molecule has 38 heavy (non-hydrogen) atoms. The first kappa shape index (κ1) is 29.7. The van der Waals surface area contributed by atoms with Gasteiger partial charge in [0.05, 0.1) is 18.4 Å². The molecule has 1 saturated heterocycles. The summed E-state index contributed by atoms with van der Waals surface area (Å²) in [5, 5.41) is 2.36. The summed E-state index contributed by atoms with van der Waals surface area (Å²) in [6, 6.07) is 2.15. The van der Waals surface area contributed by atoms with E-state index in [1.54, 1.807) is 6.92 Å². The van der Waals surface area contributed by atoms with Crippen LogP contribution in [0.3, 0.4) is 0 Å². The Labute approximate surface area is 223 Å². The van der Waals surface area contributed by atoms with Crippen molar-refractivity contribution in [2.24, 2.45) is 23.2 Å². The number of amides is 2. The number of carbonyl (C=O) groups excluding carboxylic acids is 4. The molecule has 3 aliphatic rings. The molecule has 0 radical (unpaired) electrons. The Kier molecular flexibility index (Phi) is 10.0. The van der Waals surface area contributed by atoms with Gasteiger partial charge >= 0.3 is 5.97 Å². The molecule has 1 aromatic rings. The highest BCUT2D eigenvalue weighted by Crippen LogP contribution is 2.58. The lowest BCUT2D eigenvalue weighted by atomic mass is 9.52. The van der Waals surface area contributed by atoms with Crippen molar-refractivity contribution in [1.29, 1.82) is 0 Å². The van der Waals surface area contributed by atoms with Crippen molar-refractivity contribution in [1.82, 2.24) is 5.32 Å². The Bertz CT molecular complexity index is 1010. The van der Waals surface area contributed by atoms with Gasteiger partial charge in [-0.2, -0.15) is 0 Å². The minimum atomic E-state index is -1.09. The number of aldehydes is 1. The third-order valence-electron chi connectivity index (χ3n) is 8.12. The molecule has 0 bridgehead atoms. The molecule has 7 nitrogen and oxygen atoms in total. The Morgan fingerprint density at radius 1 is 1.21 bits per heavy atom. The van der Waals surface area contributed by atoms with Gasteiger partial charge in [-0.1, -0.05) is 27.2 Å². The molecule has 210 valence electrons. The zero-order valence-electron chi connectivity index (χ0n) is 22.9. The molecule has 1 aromatic carbocycles. The van der Waals surface area contributed by atoms with Gasteiger partial charge in [0.1, 0.15) is 17.9 Å². The molecule has 2 amide bonds. The molecule has 1 spiro atoms. The summed E-state index contributed by atoms with van der Waals surface area (Å²) < 4.78 is 34.3. The van der Waals surface area contributed by atoms with Gasteiger partial charge in [-0.25, -0.2) is 8.78 Å². The van der Waals surface area contributed by atoms with Gasteiger partial charge < -0.3 is 19.7 Å². The van der Waals surface area contributed by atoms with Crippen LogP contribution in [0.4, 0.5) is 14.5 Å². The van der Waals surface area contributed by atoms with Crippen LogP contribution in [0.15, 0.2) is 12.1 Å². The topological polar surface area (TPSA) is 92.8 Å². The summed E-state index contributed by atoms with van der Waals surface area (Å²) in [4.78, 5) is 47.1. The maximum Gasteiger partial charge on any atom is 0.308 e. The first-order valence-electron chi connectivity index (χ1n) is 13.6. The molecular weight excluding hydrogens is 494 g/mol. The summed E-state index contributed by atoms with van der Waals surface area (Å²) in [6.07, 6.45) is 8.11. The quantitative estimate of drug-likeness (QED) is 0.359. The van der Waals surface area contributed by atoms with Gasteiger partial charge in [0.25, 0.3) is 0 Å². The molecule has 1 heterocycles. The minimum Gasteiger partial charge on any atom is -0.465 e. The van der Waals surface area contributed by atoms with Crippen molar-refractivity contribution in [3.8, 4) is 0 Å². The Hall–Kier alpha value is -2.84. The van der Waals surface area contributed by atoms with Crippen LogP contribution < -0.4 is 10.2 Å². The van der Waals surface area contributed by atoms with Crippen LogP contribution >= 0.6 is 0 Å². The molecule has 3 fully saturated rings. The van der Waals surface area contributed by atoms with E-state index in [-0.39, 0.29) is 47.8 Å². The van der Waals surface area contributed by atoms with Gasteiger partial charge in [0.2, 0.25) is 11.8 Å². The number of hydrogen-bond acceptors (Lipinski definition) is 5. The molecule has 2 atom stereocenters. The second-order valence-electron chi connectivity index (χ2n) is 11.3. The van der Waals surface area contributed by atoms with Gasteiger partial charge in [0, 0.05) is 37.2 Å². The van der Waals surface area contributed by atoms with Crippen LogP contribution in [0.25, 0.3) is 0 Å². The SMILES string of the molecule is CC(C)C(=O)OCC1CC2(CCC2)C1.CNC(=O)C(CCC=O)c1c(F)cc(N2CCC(C)C2=O)cc1F. The van der Waals surface area contributed by atoms with E-state index < -0.39 is 23.5 Å². The van der Waals surface area contributed by atoms with Gasteiger partial charge in [0.15, 0.2) is 0 Å². The van der Waals surface area contributed by atoms with Crippen LogP contribution in [-0.2, 0) is 23.9 Å². The second-order valence-corrected chi connectivity index (χ2v) is 11.3. The largest absolute Gasteiger partial charge is 0.465 e. The van der Waals surface area contributed by atoms with E-state index in [1.807, 2.05) is 13.8 Å². The number of nitrogens with one attached hydrogen (secondary N) is 1. The van der Waals surface area contributed by atoms with Crippen molar-refractivity contribution in [3.63, 3.8) is 0 Å². The predicted molar refractivity (Wildman–Crippen MR) is 139 cm³/mol. The monoisotopic (exact) mass is 534 g/mol. The van der Waals surface area contributed by atoms with E-state index in [2.05, 4.69) is 5.32 Å². The highest BCUT2D eigenvalue weighted by atomic mass is 19.1. The fourth-order valence-electron chi connectivity index (χ4n) is 5.69. The van der Waals surface area contributed by atoms with Crippen LogP contribution in [0.2, 0.25) is 0 Å². The first-order chi connectivity index (χ1) is 18.0. The number of esters is 1. The van der Waals surface area contributed by atoms with E-state index in [1.165, 1.54) is 44.1 Å². The average Bonchev–Trinajstić information content (AvgIpc) is 3.16. The standard InChI is InChI=1S/C17H20F2N2O3.C12H20O2/c1-10-5-6-21(17(10)24)11-8-13(18)15(14(19)9-11)12(4-3-7-22)16(23)20-2;1-9(2)11(13)14-8-10-6-12(7-10)4-3-5-12/h7-10,12H,3-6H2,1-2H3,(H,20,23);9-10H,3-8H2,1-2H3. The van der Waals surface area contributed by atoms with Crippen LogP contribution in [0, 0.1) is 34.8 Å². The van der Waals surface area contributed by atoms with E-state index >= 15 is 0 Å². The van der Waals surface area contributed by atoms with E-state index in [0.29, 0.717) is 37.2 Å². The first-order valence-corrected chi connectivity index (χ1v) is 13.6. The van der Waals surface area contributed by atoms with E-state index in [9.17, 15) is 28.0 Å². The number of anilines is 1. The van der Waals surface area contributed by atoms with Crippen molar-refractivity contribution in [2.45, 2.75) is 78.1 Å². The van der Waals surface area contributed by atoms with Crippen LogP contribution in [0.5, 0.6) is 0 Å². The molecular formula is C29H40F2N2O5. The number of likely N-dealkylation sites (N-methyl/N-ethyl adjacent to an activating group) is 1. The number of rotatable bonds is 9. The third-order valence-corrected chi connectivity index (χ3v) is 8.12. The zero-order chi connectivity index (χ0) is 28.0. The number of carbonyl (C=O) groups is 4. The van der Waals surface area contributed by atoms with Crippen LogP contribution in [0.1, 0.15) is 83.6 Å². The summed E-state index contributed by atoms with van der Waals surface area (Å²) in [7, 11) is 1.37. The Morgan fingerprint density at radius 3 is 2.29 bits per heavy atom. The molecule has 4 rings (SSSR count). The van der Waals surface area contributed by atoms with E-state index in [4.69, 9.17) is 4.74 Å². The van der Waals surface area contributed by atoms with Crippen molar-refractivity contribution >= 4 is 29.8 Å². The van der Waals surface area contributed by atoms with E-state index in [0.717, 1.165) is 12.1 Å². The Morgan fingerprint density at radius 2 is 1.84 bits per heavy atom. The lowest BCUT2D eigenvalue weighted by Crippen LogP contribution is -2.44. The molecule has 2 unspecified atom stereocenters. The molecule has 1 N–H and O–H groups in total. The maximum absolute atomic E-state index is 14.5. The third kappa shape index (κ3) is 6.77. The fraction of sp³-hybridized carbons (Fsp3) is 0.655. The lowest BCUT2D eigenvalue weighted by Gasteiger charge is -2.54. The smallest absolute Gasteiger partial charge is 0.308 e. The minimum absolute atomic E-state index is 0.00996. The maximum atomic E-state index is 14.5. The highest BCUT2D eigenvalue weighted by Gasteiger charge is 2.48. The molecule has 2 saturated carbocycles. The lowest BCUT2D eigenvalue weighted by molar-refractivity contribution is -0.153. The number of halogens is 2. The predicted octanol–water partition coefficient (Wildman–Crippen LogP) is 4.91. The van der Waals surface area contributed by atoms with Crippen molar-refractivity contribution in [3.05, 3.63) is 29.3 Å². The number of ether oxygens (including phenoxy) is 1. The summed E-state index contributed by atoms with van der Waals surface area (Å²) in [5.41, 5.74) is 0.475. The normalized spacial score (nSPS) is 20.8. The molecule has 9 heteroatoms. The molecule has 0 aromatic heterocycles. The molecule has 1 aliphatic heterocycles. The van der Waals surface area contributed by atoms with Gasteiger partial charge in [-0.3, -0.25) is 14.4 Å². The molecule has 2 aliphatic carbocycles. The van der Waals surface area contributed by atoms with Crippen molar-refractivity contribution < 1.29 is 32.7 Å². The fourth-order valence-corrected chi connectivity index (χ4v) is 5.69. The van der Waals surface area contributed by atoms with Gasteiger partial charge in [-0.15, -0.1) is 0 Å². The number of nitrogens with zero attached hydrogens (tertiary/aromatic N) is 1. The summed E-state index contributed by atoms with van der Waals surface area (Å²) in [6.45, 7) is 6.61. The summed E-state index contributed by atoms with van der Waals surface area (Å²) in [5.74, 6) is -3.15. The number of benzene rings is 1. The summed E-state index contributed by atoms with van der Waals surface area (Å²) >= 11 is 0.